The first-order chi connectivity index (χ1) is 11.9. The normalized spacial score (nSPS) is 10.9. The summed E-state index contributed by atoms with van der Waals surface area (Å²) in [5, 5.41) is 7.88. The standard InChI is InChI=1S/C18H19FN4OS/c1-5-15-12(4)25-18(20-15)21-17(24)16-10(2)22-23(11(16)3)14-8-6-13(19)7-9-14/h6-9H,5H2,1-4H3,(H,20,21,24). The van der Waals surface area contributed by atoms with E-state index in [4.69, 9.17) is 0 Å². The maximum absolute atomic E-state index is 13.1. The first kappa shape index (κ1) is 17.3. The molecule has 1 aromatic carbocycles. The molecule has 0 fully saturated rings. The molecule has 0 unspecified atom stereocenters. The van der Waals surface area contributed by atoms with Gasteiger partial charge in [-0.25, -0.2) is 14.1 Å². The monoisotopic (exact) mass is 358 g/mol. The van der Waals surface area contributed by atoms with Crippen LogP contribution in [-0.4, -0.2) is 20.7 Å². The fraction of sp³-hybridized carbons (Fsp3) is 0.278. The minimum atomic E-state index is -0.311. The molecular formula is C18H19FN4OS. The molecule has 3 rings (SSSR count). The van der Waals surface area contributed by atoms with Crippen molar-refractivity contribution in [1.82, 2.24) is 14.8 Å². The Balaban J connectivity index is 1.91. The van der Waals surface area contributed by atoms with Crippen LogP contribution in [0.25, 0.3) is 5.69 Å². The second-order valence-electron chi connectivity index (χ2n) is 5.76. The number of carbonyl (C=O) groups excluding carboxylic acids is 1. The predicted molar refractivity (Wildman–Crippen MR) is 97.2 cm³/mol. The predicted octanol–water partition coefficient (Wildman–Crippen LogP) is 4.21. The zero-order valence-electron chi connectivity index (χ0n) is 14.6. The smallest absolute Gasteiger partial charge is 0.261 e. The van der Waals surface area contributed by atoms with Gasteiger partial charge in [-0.2, -0.15) is 5.10 Å². The average Bonchev–Trinajstić information content (AvgIpc) is 3.07. The van der Waals surface area contributed by atoms with Gasteiger partial charge in [0.05, 0.1) is 28.3 Å². The lowest BCUT2D eigenvalue weighted by Gasteiger charge is -2.05. The first-order valence-electron chi connectivity index (χ1n) is 8.00. The van der Waals surface area contributed by atoms with Gasteiger partial charge in [-0.1, -0.05) is 6.92 Å². The summed E-state index contributed by atoms with van der Waals surface area (Å²) < 4.78 is 14.8. The maximum Gasteiger partial charge on any atom is 0.261 e. The number of nitrogens with one attached hydrogen (secondary N) is 1. The highest BCUT2D eigenvalue weighted by molar-refractivity contribution is 7.15. The molecule has 1 N–H and O–H groups in total. The molecule has 0 saturated heterocycles. The highest BCUT2D eigenvalue weighted by atomic mass is 32.1. The van der Waals surface area contributed by atoms with E-state index in [9.17, 15) is 9.18 Å². The Hall–Kier alpha value is -2.54. The number of aromatic nitrogens is 3. The van der Waals surface area contributed by atoms with Gasteiger partial charge in [0, 0.05) is 4.88 Å². The van der Waals surface area contributed by atoms with Crippen LogP contribution in [0.2, 0.25) is 0 Å². The Kier molecular flexibility index (Phi) is 4.67. The largest absolute Gasteiger partial charge is 0.298 e. The highest BCUT2D eigenvalue weighted by Crippen LogP contribution is 2.24. The number of carbonyl (C=O) groups is 1. The molecule has 2 heterocycles. The summed E-state index contributed by atoms with van der Waals surface area (Å²) in [4.78, 5) is 18.3. The molecule has 2 aromatic heterocycles. The van der Waals surface area contributed by atoms with Crippen molar-refractivity contribution in [3.8, 4) is 5.69 Å². The van der Waals surface area contributed by atoms with Crippen LogP contribution >= 0.6 is 11.3 Å². The molecule has 1 amide bonds. The number of halogens is 1. The molecule has 3 aromatic rings. The minimum absolute atomic E-state index is 0.236. The molecule has 0 aliphatic rings. The van der Waals surface area contributed by atoms with Crippen LogP contribution in [0.5, 0.6) is 0 Å². The molecule has 0 radical (unpaired) electrons. The number of rotatable bonds is 4. The number of thiazole rings is 1. The molecule has 0 aliphatic carbocycles. The third-order valence-corrected chi connectivity index (χ3v) is 4.97. The van der Waals surface area contributed by atoms with Crippen LogP contribution in [0.3, 0.4) is 0 Å². The van der Waals surface area contributed by atoms with Gasteiger partial charge < -0.3 is 0 Å². The minimum Gasteiger partial charge on any atom is -0.298 e. The third kappa shape index (κ3) is 3.32. The Morgan fingerprint density at radius 1 is 1.24 bits per heavy atom. The molecule has 0 bridgehead atoms. The lowest BCUT2D eigenvalue weighted by Crippen LogP contribution is -2.14. The number of benzene rings is 1. The lowest BCUT2D eigenvalue weighted by molar-refractivity contribution is 0.102. The summed E-state index contributed by atoms with van der Waals surface area (Å²) in [7, 11) is 0. The Morgan fingerprint density at radius 3 is 2.52 bits per heavy atom. The molecule has 25 heavy (non-hydrogen) atoms. The van der Waals surface area contributed by atoms with Gasteiger partial charge in [0.2, 0.25) is 0 Å². The number of aryl methyl sites for hydroxylation is 3. The van der Waals surface area contributed by atoms with E-state index < -0.39 is 0 Å². The van der Waals surface area contributed by atoms with E-state index in [1.54, 1.807) is 23.7 Å². The lowest BCUT2D eigenvalue weighted by atomic mass is 10.2. The zero-order valence-corrected chi connectivity index (χ0v) is 15.4. The van der Waals surface area contributed by atoms with Gasteiger partial charge in [-0.3, -0.25) is 10.1 Å². The van der Waals surface area contributed by atoms with Gasteiger partial charge in [-0.05, 0) is 51.5 Å². The van der Waals surface area contributed by atoms with E-state index in [0.717, 1.165) is 17.0 Å². The topological polar surface area (TPSA) is 59.8 Å². The van der Waals surface area contributed by atoms with Crippen molar-refractivity contribution in [3.05, 3.63) is 57.6 Å². The molecule has 0 atom stereocenters. The average molecular weight is 358 g/mol. The van der Waals surface area contributed by atoms with Gasteiger partial charge in [-0.15, -0.1) is 11.3 Å². The molecule has 0 aliphatic heterocycles. The van der Waals surface area contributed by atoms with Crippen molar-refractivity contribution in [1.29, 1.82) is 0 Å². The van der Waals surface area contributed by atoms with E-state index in [-0.39, 0.29) is 11.7 Å². The number of hydrogen-bond donors (Lipinski definition) is 1. The van der Waals surface area contributed by atoms with E-state index in [1.165, 1.54) is 23.5 Å². The van der Waals surface area contributed by atoms with Crippen LogP contribution in [0.1, 0.15) is 39.2 Å². The molecule has 0 spiro atoms. The molecule has 0 saturated carbocycles. The second-order valence-corrected chi connectivity index (χ2v) is 6.97. The molecule has 130 valence electrons. The Bertz CT molecular complexity index is 927. The van der Waals surface area contributed by atoms with E-state index in [2.05, 4.69) is 15.4 Å². The van der Waals surface area contributed by atoms with Crippen LogP contribution in [-0.2, 0) is 6.42 Å². The highest BCUT2D eigenvalue weighted by Gasteiger charge is 2.21. The van der Waals surface area contributed by atoms with Crippen molar-refractivity contribution >= 4 is 22.4 Å². The van der Waals surface area contributed by atoms with Crippen molar-refractivity contribution in [2.24, 2.45) is 0 Å². The van der Waals surface area contributed by atoms with E-state index in [1.807, 2.05) is 20.8 Å². The van der Waals surface area contributed by atoms with Gasteiger partial charge in [0.1, 0.15) is 5.82 Å². The zero-order chi connectivity index (χ0) is 18.1. The number of anilines is 1. The first-order valence-corrected chi connectivity index (χ1v) is 8.82. The molecule has 5 nitrogen and oxygen atoms in total. The van der Waals surface area contributed by atoms with Crippen molar-refractivity contribution in [3.63, 3.8) is 0 Å². The van der Waals surface area contributed by atoms with Crippen molar-refractivity contribution in [2.45, 2.75) is 34.1 Å². The number of nitrogens with zero attached hydrogens (tertiary/aromatic N) is 3. The number of amides is 1. The van der Waals surface area contributed by atoms with Crippen LogP contribution in [0, 0.1) is 26.6 Å². The van der Waals surface area contributed by atoms with Crippen LogP contribution in [0.4, 0.5) is 9.52 Å². The van der Waals surface area contributed by atoms with E-state index in [0.29, 0.717) is 27.8 Å². The molecule has 7 heteroatoms. The van der Waals surface area contributed by atoms with Gasteiger partial charge in [0.15, 0.2) is 5.13 Å². The quantitative estimate of drug-likeness (QED) is 0.760. The van der Waals surface area contributed by atoms with Crippen LogP contribution in [0.15, 0.2) is 24.3 Å². The van der Waals surface area contributed by atoms with E-state index >= 15 is 0 Å². The summed E-state index contributed by atoms with van der Waals surface area (Å²) in [5.41, 5.74) is 3.53. The fourth-order valence-corrected chi connectivity index (χ4v) is 3.67. The van der Waals surface area contributed by atoms with Gasteiger partial charge >= 0.3 is 0 Å². The number of hydrogen-bond acceptors (Lipinski definition) is 4. The Morgan fingerprint density at radius 2 is 1.92 bits per heavy atom. The fourth-order valence-electron chi connectivity index (χ4n) is 2.77. The summed E-state index contributed by atoms with van der Waals surface area (Å²) in [5.74, 6) is -0.547. The summed E-state index contributed by atoms with van der Waals surface area (Å²) in [6.07, 6.45) is 0.832. The second kappa shape index (κ2) is 6.76. The third-order valence-electron chi connectivity index (χ3n) is 4.04. The summed E-state index contributed by atoms with van der Waals surface area (Å²) in [6.45, 7) is 7.64. The summed E-state index contributed by atoms with van der Waals surface area (Å²) in [6, 6.07) is 6.01. The molecular weight excluding hydrogens is 339 g/mol. The van der Waals surface area contributed by atoms with Crippen molar-refractivity contribution < 1.29 is 9.18 Å². The summed E-state index contributed by atoms with van der Waals surface area (Å²) >= 11 is 1.47. The maximum atomic E-state index is 13.1. The van der Waals surface area contributed by atoms with Gasteiger partial charge in [0.25, 0.3) is 5.91 Å². The van der Waals surface area contributed by atoms with Crippen LogP contribution < -0.4 is 5.32 Å². The van der Waals surface area contributed by atoms with Crippen molar-refractivity contribution in [2.75, 3.05) is 5.32 Å². The SMILES string of the molecule is CCc1nc(NC(=O)c2c(C)nn(-c3ccc(F)cc3)c2C)sc1C. The Labute approximate surface area is 149 Å².